The van der Waals surface area contributed by atoms with Gasteiger partial charge in [-0.3, -0.25) is 4.79 Å². The van der Waals surface area contributed by atoms with Crippen LogP contribution in [0.2, 0.25) is 0 Å². The first-order chi connectivity index (χ1) is 11.1. The summed E-state index contributed by atoms with van der Waals surface area (Å²) in [5.74, 6) is 0.215. The summed E-state index contributed by atoms with van der Waals surface area (Å²) < 4.78 is 0. The van der Waals surface area contributed by atoms with Crippen LogP contribution in [0.1, 0.15) is 39.0 Å². The smallest absolute Gasteiger partial charge is 0.219 e. The number of likely N-dealkylation sites (tertiary alicyclic amines) is 1. The molecule has 132 valence electrons. The Kier molecular flexibility index (Phi) is 5.60. The first-order valence-corrected chi connectivity index (χ1v) is 9.51. The van der Waals surface area contributed by atoms with E-state index in [1.807, 2.05) is 6.92 Å². The number of carbonyl (C=O) groups is 1. The molecule has 23 heavy (non-hydrogen) atoms. The van der Waals surface area contributed by atoms with Gasteiger partial charge in [-0.1, -0.05) is 6.92 Å². The highest BCUT2D eigenvalue weighted by Gasteiger charge is 2.48. The molecule has 1 saturated carbocycles. The third kappa shape index (κ3) is 4.46. The van der Waals surface area contributed by atoms with E-state index in [-0.39, 0.29) is 5.91 Å². The van der Waals surface area contributed by atoms with Crippen LogP contribution in [0.25, 0.3) is 0 Å². The van der Waals surface area contributed by atoms with E-state index in [2.05, 4.69) is 27.1 Å². The van der Waals surface area contributed by atoms with Crippen molar-refractivity contribution in [3.8, 4) is 0 Å². The maximum absolute atomic E-state index is 11.5. The SMILES string of the molecule is CCC(=O)NC1CC2(CCN(CCCN3CCN(C)CC3)C2)C1. The molecule has 0 aromatic rings. The number of carbonyl (C=O) groups excluding carboxylic acids is 1. The average Bonchev–Trinajstić information content (AvgIpc) is 2.93. The lowest BCUT2D eigenvalue weighted by Gasteiger charge is -2.45. The number of likely N-dealkylation sites (N-methyl/N-ethyl adjacent to an activating group) is 1. The first-order valence-electron chi connectivity index (χ1n) is 9.51. The molecule has 0 radical (unpaired) electrons. The highest BCUT2D eigenvalue weighted by Crippen LogP contribution is 2.48. The largest absolute Gasteiger partial charge is 0.353 e. The topological polar surface area (TPSA) is 38.8 Å². The van der Waals surface area contributed by atoms with Crippen molar-refractivity contribution in [3.63, 3.8) is 0 Å². The molecule has 5 nitrogen and oxygen atoms in total. The minimum atomic E-state index is 0.215. The van der Waals surface area contributed by atoms with Gasteiger partial charge in [0.1, 0.15) is 0 Å². The Hall–Kier alpha value is -0.650. The van der Waals surface area contributed by atoms with Gasteiger partial charge in [0.05, 0.1) is 0 Å². The van der Waals surface area contributed by atoms with Crippen molar-refractivity contribution in [3.05, 3.63) is 0 Å². The molecule has 3 aliphatic rings. The van der Waals surface area contributed by atoms with Crippen molar-refractivity contribution < 1.29 is 4.79 Å². The molecule has 2 aliphatic heterocycles. The van der Waals surface area contributed by atoms with Gasteiger partial charge < -0.3 is 20.0 Å². The molecule has 0 aromatic heterocycles. The van der Waals surface area contributed by atoms with Gasteiger partial charge in [0.15, 0.2) is 0 Å². The molecule has 3 rings (SSSR count). The van der Waals surface area contributed by atoms with Crippen LogP contribution >= 0.6 is 0 Å². The van der Waals surface area contributed by atoms with Crippen molar-refractivity contribution >= 4 is 5.91 Å². The third-order valence-electron chi connectivity index (χ3n) is 6.11. The summed E-state index contributed by atoms with van der Waals surface area (Å²) in [4.78, 5) is 19.2. The quantitative estimate of drug-likeness (QED) is 0.792. The van der Waals surface area contributed by atoms with Gasteiger partial charge in [0.2, 0.25) is 5.91 Å². The zero-order valence-electron chi connectivity index (χ0n) is 15.0. The monoisotopic (exact) mass is 322 g/mol. The number of amides is 1. The second-order valence-corrected chi connectivity index (χ2v) is 8.05. The Morgan fingerprint density at radius 1 is 1.09 bits per heavy atom. The minimum Gasteiger partial charge on any atom is -0.353 e. The predicted octanol–water partition coefficient (Wildman–Crippen LogP) is 1.00. The van der Waals surface area contributed by atoms with E-state index in [1.165, 1.54) is 78.0 Å². The number of hydrogen-bond donors (Lipinski definition) is 1. The van der Waals surface area contributed by atoms with E-state index >= 15 is 0 Å². The number of piperazine rings is 1. The van der Waals surface area contributed by atoms with E-state index in [4.69, 9.17) is 0 Å². The zero-order chi connectivity index (χ0) is 16.3. The van der Waals surface area contributed by atoms with E-state index in [1.54, 1.807) is 0 Å². The molecule has 1 N–H and O–H groups in total. The van der Waals surface area contributed by atoms with Gasteiger partial charge in [-0.25, -0.2) is 0 Å². The van der Waals surface area contributed by atoms with Gasteiger partial charge in [0.25, 0.3) is 0 Å². The predicted molar refractivity (Wildman–Crippen MR) is 93.5 cm³/mol. The summed E-state index contributed by atoms with van der Waals surface area (Å²) in [6.45, 7) is 11.9. The number of nitrogens with zero attached hydrogens (tertiary/aromatic N) is 3. The van der Waals surface area contributed by atoms with E-state index in [9.17, 15) is 4.79 Å². The van der Waals surface area contributed by atoms with Gasteiger partial charge in [-0.2, -0.15) is 0 Å². The Morgan fingerprint density at radius 2 is 1.78 bits per heavy atom. The fraction of sp³-hybridized carbons (Fsp3) is 0.944. The molecule has 1 aliphatic carbocycles. The Morgan fingerprint density at radius 3 is 2.48 bits per heavy atom. The summed E-state index contributed by atoms with van der Waals surface area (Å²) in [5, 5.41) is 3.15. The fourth-order valence-electron chi connectivity index (χ4n) is 4.56. The molecule has 2 heterocycles. The summed E-state index contributed by atoms with van der Waals surface area (Å²) in [7, 11) is 2.22. The lowest BCUT2D eigenvalue weighted by atomic mass is 9.65. The van der Waals surface area contributed by atoms with Crippen LogP contribution in [0.4, 0.5) is 0 Å². The van der Waals surface area contributed by atoms with Crippen molar-refractivity contribution in [2.75, 3.05) is 59.4 Å². The van der Waals surface area contributed by atoms with Crippen LogP contribution in [0, 0.1) is 5.41 Å². The van der Waals surface area contributed by atoms with Crippen molar-refractivity contribution in [2.24, 2.45) is 5.41 Å². The second-order valence-electron chi connectivity index (χ2n) is 8.05. The highest BCUT2D eigenvalue weighted by atomic mass is 16.1. The molecule has 0 bridgehead atoms. The van der Waals surface area contributed by atoms with E-state index in [0.717, 1.165) is 0 Å². The maximum Gasteiger partial charge on any atom is 0.219 e. The van der Waals surface area contributed by atoms with Gasteiger partial charge >= 0.3 is 0 Å². The minimum absolute atomic E-state index is 0.215. The van der Waals surface area contributed by atoms with Crippen LogP contribution in [-0.4, -0.2) is 86.1 Å². The molecule has 0 unspecified atom stereocenters. The van der Waals surface area contributed by atoms with E-state index in [0.29, 0.717) is 17.9 Å². The number of nitrogens with one attached hydrogen (secondary N) is 1. The van der Waals surface area contributed by atoms with Crippen LogP contribution in [0.3, 0.4) is 0 Å². The Labute approximate surface area is 141 Å². The number of hydrogen-bond acceptors (Lipinski definition) is 4. The molecule has 0 aromatic carbocycles. The van der Waals surface area contributed by atoms with Crippen molar-refractivity contribution in [1.82, 2.24) is 20.0 Å². The standard InChI is InChI=1S/C18H34N4O/c1-3-17(23)19-16-13-18(14-16)5-8-22(15-18)7-4-6-21-11-9-20(2)10-12-21/h16H,3-15H2,1-2H3,(H,19,23). The van der Waals surface area contributed by atoms with Crippen LogP contribution in [0.5, 0.6) is 0 Å². The highest BCUT2D eigenvalue weighted by molar-refractivity contribution is 5.75. The first kappa shape index (κ1) is 17.2. The second kappa shape index (κ2) is 7.49. The summed E-state index contributed by atoms with van der Waals surface area (Å²) in [6, 6.07) is 0.452. The lowest BCUT2D eigenvalue weighted by Crippen LogP contribution is -2.51. The van der Waals surface area contributed by atoms with Gasteiger partial charge in [-0.15, -0.1) is 0 Å². The van der Waals surface area contributed by atoms with Crippen LogP contribution < -0.4 is 5.32 Å². The molecular formula is C18H34N4O. The van der Waals surface area contributed by atoms with E-state index < -0.39 is 0 Å². The van der Waals surface area contributed by atoms with Crippen LogP contribution in [0.15, 0.2) is 0 Å². The normalized spacial score (nSPS) is 33.0. The molecule has 5 heteroatoms. The molecule has 2 saturated heterocycles. The zero-order valence-corrected chi connectivity index (χ0v) is 15.0. The molecular weight excluding hydrogens is 288 g/mol. The summed E-state index contributed by atoms with van der Waals surface area (Å²) >= 11 is 0. The lowest BCUT2D eigenvalue weighted by molar-refractivity contribution is -0.123. The summed E-state index contributed by atoms with van der Waals surface area (Å²) in [6.07, 6.45) is 5.65. The molecule has 3 fully saturated rings. The van der Waals surface area contributed by atoms with Gasteiger partial charge in [-0.05, 0) is 57.8 Å². The van der Waals surface area contributed by atoms with Crippen LogP contribution in [-0.2, 0) is 4.79 Å². The Bertz CT molecular complexity index is 400. The average molecular weight is 322 g/mol. The fourth-order valence-corrected chi connectivity index (χ4v) is 4.56. The summed E-state index contributed by atoms with van der Waals surface area (Å²) in [5.41, 5.74) is 0.527. The number of rotatable bonds is 6. The molecule has 1 amide bonds. The molecule has 0 atom stereocenters. The van der Waals surface area contributed by atoms with Gasteiger partial charge in [0, 0.05) is 45.2 Å². The Balaban J connectivity index is 1.30. The molecule has 1 spiro atoms. The third-order valence-corrected chi connectivity index (χ3v) is 6.11. The van der Waals surface area contributed by atoms with Crippen molar-refractivity contribution in [2.45, 2.75) is 45.1 Å². The maximum atomic E-state index is 11.5. The van der Waals surface area contributed by atoms with Crippen molar-refractivity contribution in [1.29, 1.82) is 0 Å².